The van der Waals surface area contributed by atoms with E-state index in [0.717, 1.165) is 37.9 Å². The van der Waals surface area contributed by atoms with Gasteiger partial charge in [-0.25, -0.2) is 8.42 Å². The van der Waals surface area contributed by atoms with Crippen molar-refractivity contribution in [3.63, 3.8) is 0 Å². The second-order valence-corrected chi connectivity index (χ2v) is 10.4. The summed E-state index contributed by atoms with van der Waals surface area (Å²) in [4.78, 5) is 14.6. The molecule has 0 unspecified atom stereocenters. The van der Waals surface area contributed by atoms with Crippen LogP contribution in [0.25, 0.3) is 0 Å². The highest BCUT2D eigenvalue weighted by atomic mass is 32.2. The van der Waals surface area contributed by atoms with Crippen LogP contribution in [0.3, 0.4) is 0 Å². The summed E-state index contributed by atoms with van der Waals surface area (Å²) >= 11 is 0. The maximum Gasteiger partial charge on any atom is 0.261 e. The summed E-state index contributed by atoms with van der Waals surface area (Å²) < 4.78 is 33.5. The Labute approximate surface area is 201 Å². The van der Waals surface area contributed by atoms with Crippen LogP contribution in [0.5, 0.6) is 5.75 Å². The van der Waals surface area contributed by atoms with Crippen LogP contribution in [0.2, 0.25) is 0 Å². The van der Waals surface area contributed by atoms with Gasteiger partial charge in [-0.2, -0.15) is 0 Å². The Kier molecular flexibility index (Phi) is 7.53. The molecule has 0 spiro atoms. The highest BCUT2D eigenvalue weighted by molar-refractivity contribution is 7.92. The van der Waals surface area contributed by atoms with Gasteiger partial charge in [0.25, 0.3) is 15.9 Å². The molecule has 0 aromatic heterocycles. The Morgan fingerprint density at radius 1 is 0.971 bits per heavy atom. The summed E-state index contributed by atoms with van der Waals surface area (Å²) in [6.07, 6.45) is 3.02. The summed E-state index contributed by atoms with van der Waals surface area (Å²) in [6.45, 7) is 3.32. The molecule has 1 aliphatic rings. The highest BCUT2D eigenvalue weighted by Crippen LogP contribution is 2.23. The number of likely N-dealkylation sites (tertiary alicyclic amines) is 1. The first-order valence-electron chi connectivity index (χ1n) is 11.5. The zero-order valence-corrected chi connectivity index (χ0v) is 20.1. The molecule has 3 aromatic carbocycles. The minimum Gasteiger partial charge on any atom is -0.484 e. The van der Waals surface area contributed by atoms with E-state index in [1.54, 1.807) is 30.3 Å². The number of nitrogens with one attached hydrogen (secondary N) is 1. The Morgan fingerprint density at radius 3 is 2.35 bits per heavy atom. The average Bonchev–Trinajstić information content (AvgIpc) is 2.84. The molecular formula is C27H30N2O4S. The molecule has 0 aliphatic carbocycles. The number of rotatable bonds is 8. The van der Waals surface area contributed by atoms with E-state index >= 15 is 0 Å². The van der Waals surface area contributed by atoms with Gasteiger partial charge in [0.15, 0.2) is 6.61 Å². The zero-order valence-electron chi connectivity index (χ0n) is 19.3. The van der Waals surface area contributed by atoms with Gasteiger partial charge in [-0.15, -0.1) is 0 Å². The number of carbonyl (C=O) groups excluding carboxylic acids is 1. The van der Waals surface area contributed by atoms with Crippen molar-refractivity contribution in [1.29, 1.82) is 0 Å². The van der Waals surface area contributed by atoms with E-state index in [9.17, 15) is 13.2 Å². The number of hydrogen-bond acceptors (Lipinski definition) is 4. The fraction of sp³-hybridized carbons (Fsp3) is 0.296. The number of aryl methyl sites for hydroxylation is 1. The monoisotopic (exact) mass is 478 g/mol. The van der Waals surface area contributed by atoms with Crippen molar-refractivity contribution in [2.24, 2.45) is 5.92 Å². The summed E-state index contributed by atoms with van der Waals surface area (Å²) in [5.41, 5.74) is 2.82. The second kappa shape index (κ2) is 10.7. The van der Waals surface area contributed by atoms with Gasteiger partial charge < -0.3 is 9.64 Å². The number of amides is 1. The fourth-order valence-corrected chi connectivity index (χ4v) is 5.26. The number of carbonyl (C=O) groups is 1. The topological polar surface area (TPSA) is 75.7 Å². The lowest BCUT2D eigenvalue weighted by molar-refractivity contribution is -0.134. The molecule has 0 bridgehead atoms. The normalized spacial score (nSPS) is 14.6. The molecule has 4 rings (SSSR count). The number of benzene rings is 3. The molecule has 1 amide bonds. The smallest absolute Gasteiger partial charge is 0.261 e. The van der Waals surface area contributed by atoms with Crippen LogP contribution in [0.4, 0.5) is 5.69 Å². The predicted molar refractivity (Wildman–Crippen MR) is 133 cm³/mol. The van der Waals surface area contributed by atoms with Gasteiger partial charge in [0.2, 0.25) is 0 Å². The number of piperidine rings is 1. The van der Waals surface area contributed by atoms with Gasteiger partial charge >= 0.3 is 0 Å². The van der Waals surface area contributed by atoms with E-state index in [2.05, 4.69) is 29.0 Å². The van der Waals surface area contributed by atoms with Crippen LogP contribution in [0, 0.1) is 12.8 Å². The van der Waals surface area contributed by atoms with Crippen LogP contribution in [-0.4, -0.2) is 38.9 Å². The minimum absolute atomic E-state index is 0.0454. The number of nitrogens with zero attached hydrogens (tertiary/aromatic N) is 1. The molecule has 3 aromatic rings. The SMILES string of the molecule is Cc1cccc(NS(=O)(=O)c2ccc(OCC(=O)N3CCC(Cc4ccccc4)CC3)cc2)c1. The lowest BCUT2D eigenvalue weighted by Gasteiger charge is -2.32. The Hall–Kier alpha value is -3.32. The van der Waals surface area contributed by atoms with Crippen molar-refractivity contribution >= 4 is 21.6 Å². The van der Waals surface area contributed by atoms with E-state index in [4.69, 9.17) is 4.74 Å². The molecule has 1 N–H and O–H groups in total. The van der Waals surface area contributed by atoms with Gasteiger partial charge in [0.1, 0.15) is 5.75 Å². The molecule has 7 heteroatoms. The van der Waals surface area contributed by atoms with E-state index in [0.29, 0.717) is 17.4 Å². The molecule has 0 radical (unpaired) electrons. The van der Waals surface area contributed by atoms with E-state index in [1.807, 2.05) is 24.0 Å². The maximum atomic E-state index is 12.6. The van der Waals surface area contributed by atoms with Crippen LogP contribution in [0.1, 0.15) is 24.0 Å². The fourth-order valence-electron chi connectivity index (χ4n) is 4.21. The molecule has 1 aliphatic heterocycles. The first-order chi connectivity index (χ1) is 16.4. The van der Waals surface area contributed by atoms with Crippen molar-refractivity contribution in [3.05, 3.63) is 90.0 Å². The van der Waals surface area contributed by atoms with Gasteiger partial charge in [-0.3, -0.25) is 9.52 Å². The number of ether oxygens (including phenoxy) is 1. The summed E-state index contributed by atoms with van der Waals surface area (Å²) in [5, 5.41) is 0. The molecular weight excluding hydrogens is 448 g/mol. The van der Waals surface area contributed by atoms with Crippen molar-refractivity contribution in [2.45, 2.75) is 31.1 Å². The Morgan fingerprint density at radius 2 is 1.68 bits per heavy atom. The van der Waals surface area contributed by atoms with Gasteiger partial charge in [-0.1, -0.05) is 42.5 Å². The molecule has 34 heavy (non-hydrogen) atoms. The molecule has 1 saturated heterocycles. The molecule has 0 saturated carbocycles. The molecule has 178 valence electrons. The Balaban J connectivity index is 1.25. The first-order valence-corrected chi connectivity index (χ1v) is 13.0. The molecule has 1 heterocycles. The third kappa shape index (κ3) is 6.38. The van der Waals surface area contributed by atoms with Crippen molar-refractivity contribution in [1.82, 2.24) is 4.90 Å². The minimum atomic E-state index is -3.70. The lowest BCUT2D eigenvalue weighted by Crippen LogP contribution is -2.41. The van der Waals surface area contributed by atoms with Gasteiger partial charge in [0, 0.05) is 18.8 Å². The number of hydrogen-bond donors (Lipinski definition) is 1. The summed E-state index contributed by atoms with van der Waals surface area (Å²) in [6, 6.07) is 23.7. The van der Waals surface area contributed by atoms with Crippen LogP contribution >= 0.6 is 0 Å². The lowest BCUT2D eigenvalue weighted by atomic mass is 9.90. The summed E-state index contributed by atoms with van der Waals surface area (Å²) in [7, 11) is -3.70. The van der Waals surface area contributed by atoms with E-state index in [1.165, 1.54) is 17.7 Å². The third-order valence-electron chi connectivity index (χ3n) is 6.10. The Bertz CT molecular complexity index is 1200. The summed E-state index contributed by atoms with van der Waals surface area (Å²) in [5.74, 6) is 1.01. The van der Waals surface area contributed by atoms with Crippen LogP contribution in [-0.2, 0) is 21.2 Å². The molecule has 0 atom stereocenters. The van der Waals surface area contributed by atoms with Crippen molar-refractivity contribution < 1.29 is 17.9 Å². The van der Waals surface area contributed by atoms with Crippen LogP contribution in [0.15, 0.2) is 83.8 Å². The first kappa shape index (κ1) is 23.8. The zero-order chi connectivity index (χ0) is 24.0. The van der Waals surface area contributed by atoms with E-state index in [-0.39, 0.29) is 17.4 Å². The van der Waals surface area contributed by atoms with Crippen molar-refractivity contribution in [2.75, 3.05) is 24.4 Å². The molecule has 6 nitrogen and oxygen atoms in total. The van der Waals surface area contributed by atoms with Gasteiger partial charge in [0.05, 0.1) is 4.90 Å². The van der Waals surface area contributed by atoms with E-state index < -0.39 is 10.0 Å². The second-order valence-electron chi connectivity index (χ2n) is 8.75. The quantitative estimate of drug-likeness (QED) is 0.511. The average molecular weight is 479 g/mol. The third-order valence-corrected chi connectivity index (χ3v) is 7.50. The number of sulfonamides is 1. The molecule has 1 fully saturated rings. The van der Waals surface area contributed by atoms with Gasteiger partial charge in [-0.05, 0) is 79.6 Å². The standard InChI is InChI=1S/C27H30N2O4S/c1-21-6-5-9-24(18-21)28-34(31,32)26-12-10-25(11-13-26)33-20-27(30)29-16-14-23(15-17-29)19-22-7-3-2-4-8-22/h2-13,18,23,28H,14-17,19-20H2,1H3. The maximum absolute atomic E-state index is 12.6. The largest absolute Gasteiger partial charge is 0.484 e. The number of anilines is 1. The van der Waals surface area contributed by atoms with Crippen molar-refractivity contribution in [3.8, 4) is 5.75 Å². The highest BCUT2D eigenvalue weighted by Gasteiger charge is 2.23. The van der Waals surface area contributed by atoms with Crippen LogP contribution < -0.4 is 9.46 Å². The predicted octanol–water partition coefficient (Wildman–Crippen LogP) is 4.66.